The molecule has 34 heavy (non-hydrogen) atoms. The molecule has 0 bridgehead atoms. The number of alkyl halides is 3. The molecule has 0 spiro atoms. The number of halogens is 3. The Labute approximate surface area is 194 Å². The predicted octanol–water partition coefficient (Wildman–Crippen LogP) is 2.18. The molecule has 2 unspecified atom stereocenters. The van der Waals surface area contributed by atoms with Crippen LogP contribution in [0.3, 0.4) is 0 Å². The topological polar surface area (TPSA) is 82.5 Å². The third kappa shape index (κ3) is 4.95. The number of amides is 2. The maximum absolute atomic E-state index is 13.8. The lowest BCUT2D eigenvalue weighted by molar-refractivity contribution is -0.138. The standard InChI is InChI=1S/C23H27F3N6O2/c24-23(25,26)19-12-18(2-1-15(19)3-7-30-13-16-11-17(16)14-30)32-8-4-20(29-22(32)34)28-21(33)31-9-5-27-6-10-31/h1-2,4,8,12,16-17,27H,3,5-7,9-11,13-14H2,(H,28,29,33,34). The van der Waals surface area contributed by atoms with E-state index in [0.29, 0.717) is 39.1 Å². The zero-order valence-corrected chi connectivity index (χ0v) is 18.6. The SMILES string of the molecule is O=C(Nc1ccn(-c2ccc(CCN3CC4CC4C3)c(C(F)(F)F)c2)c(=O)n1)N1CCNCC1. The molecule has 8 nitrogen and oxygen atoms in total. The normalized spacial score (nSPS) is 22.5. The van der Waals surface area contributed by atoms with Crippen LogP contribution in [0.2, 0.25) is 0 Å². The van der Waals surface area contributed by atoms with Crippen molar-refractivity contribution in [3.8, 4) is 5.69 Å². The number of urea groups is 1. The van der Waals surface area contributed by atoms with Gasteiger partial charge in [0.25, 0.3) is 0 Å². The van der Waals surface area contributed by atoms with E-state index in [0.717, 1.165) is 35.6 Å². The highest BCUT2D eigenvalue weighted by molar-refractivity contribution is 5.88. The lowest BCUT2D eigenvalue weighted by Gasteiger charge is -2.27. The first-order chi connectivity index (χ1) is 16.3. The lowest BCUT2D eigenvalue weighted by atomic mass is 10.0. The second kappa shape index (κ2) is 9.03. The molecular formula is C23H27F3N6O2. The van der Waals surface area contributed by atoms with Crippen LogP contribution in [-0.4, -0.2) is 71.2 Å². The van der Waals surface area contributed by atoms with Gasteiger partial charge >= 0.3 is 17.9 Å². The maximum atomic E-state index is 13.8. The van der Waals surface area contributed by atoms with Crippen molar-refractivity contribution in [1.29, 1.82) is 0 Å². The van der Waals surface area contributed by atoms with Crippen molar-refractivity contribution in [2.75, 3.05) is 51.1 Å². The molecule has 182 valence electrons. The minimum Gasteiger partial charge on any atom is -0.322 e. The number of carbonyl (C=O) groups is 1. The Bertz CT molecular complexity index is 1120. The van der Waals surface area contributed by atoms with Crippen LogP contribution in [-0.2, 0) is 12.6 Å². The fraction of sp³-hybridized carbons (Fsp3) is 0.522. The molecule has 1 aromatic heterocycles. The summed E-state index contributed by atoms with van der Waals surface area (Å²) in [5.41, 5.74) is -1.21. The molecule has 2 amide bonds. The minimum absolute atomic E-state index is 0.0566. The number of piperazine rings is 1. The van der Waals surface area contributed by atoms with Gasteiger partial charge < -0.3 is 15.1 Å². The number of carbonyl (C=O) groups excluding carboxylic acids is 1. The second-order valence-corrected chi connectivity index (χ2v) is 9.24. The molecule has 2 saturated heterocycles. The van der Waals surface area contributed by atoms with Gasteiger partial charge in [0.05, 0.1) is 11.3 Å². The van der Waals surface area contributed by atoms with Crippen LogP contribution in [0, 0.1) is 11.8 Å². The number of likely N-dealkylation sites (tertiary alicyclic amines) is 1. The number of hydrogen-bond donors (Lipinski definition) is 2. The summed E-state index contributed by atoms with van der Waals surface area (Å²) in [6.07, 6.45) is -1.65. The van der Waals surface area contributed by atoms with E-state index in [1.54, 1.807) is 4.90 Å². The fourth-order valence-electron chi connectivity index (χ4n) is 4.88. The molecule has 11 heteroatoms. The largest absolute Gasteiger partial charge is 0.416 e. The zero-order chi connectivity index (χ0) is 23.9. The first-order valence-corrected chi connectivity index (χ1v) is 11.6. The van der Waals surface area contributed by atoms with Gasteiger partial charge in [-0.1, -0.05) is 6.07 Å². The first kappa shape index (κ1) is 22.9. The van der Waals surface area contributed by atoms with Crippen molar-refractivity contribution in [2.45, 2.75) is 19.0 Å². The summed E-state index contributed by atoms with van der Waals surface area (Å²) in [5.74, 6) is 1.52. The third-order valence-electron chi connectivity index (χ3n) is 6.87. The Morgan fingerprint density at radius 3 is 2.56 bits per heavy atom. The number of piperidine rings is 1. The van der Waals surface area contributed by atoms with Gasteiger partial charge in [-0.25, -0.2) is 9.59 Å². The molecule has 1 aliphatic carbocycles. The number of nitrogens with one attached hydrogen (secondary N) is 2. The molecule has 2 N–H and O–H groups in total. The lowest BCUT2D eigenvalue weighted by Crippen LogP contribution is -2.48. The number of anilines is 1. The Kier molecular flexibility index (Phi) is 6.07. The maximum Gasteiger partial charge on any atom is 0.416 e. The summed E-state index contributed by atoms with van der Waals surface area (Å²) in [6, 6.07) is 4.99. The Morgan fingerprint density at radius 2 is 1.88 bits per heavy atom. The van der Waals surface area contributed by atoms with E-state index in [1.165, 1.54) is 30.8 Å². The number of benzene rings is 1. The van der Waals surface area contributed by atoms with Crippen LogP contribution in [0.1, 0.15) is 17.5 Å². The molecule has 5 rings (SSSR count). The predicted molar refractivity (Wildman–Crippen MR) is 120 cm³/mol. The van der Waals surface area contributed by atoms with Gasteiger partial charge in [-0.2, -0.15) is 18.2 Å². The van der Waals surface area contributed by atoms with Gasteiger partial charge in [-0.15, -0.1) is 0 Å². The van der Waals surface area contributed by atoms with Gasteiger partial charge in [0.2, 0.25) is 0 Å². The van der Waals surface area contributed by atoms with Crippen molar-refractivity contribution >= 4 is 11.8 Å². The van der Waals surface area contributed by atoms with E-state index in [-0.39, 0.29) is 23.1 Å². The van der Waals surface area contributed by atoms with Crippen molar-refractivity contribution < 1.29 is 18.0 Å². The number of nitrogens with zero attached hydrogens (tertiary/aromatic N) is 4. The third-order valence-corrected chi connectivity index (χ3v) is 6.87. The van der Waals surface area contributed by atoms with Crippen LogP contribution in [0.25, 0.3) is 5.69 Å². The smallest absolute Gasteiger partial charge is 0.322 e. The molecule has 2 aromatic rings. The summed E-state index contributed by atoms with van der Waals surface area (Å²) in [5, 5.41) is 5.72. The molecule has 2 atom stereocenters. The van der Waals surface area contributed by atoms with Crippen LogP contribution >= 0.6 is 0 Å². The second-order valence-electron chi connectivity index (χ2n) is 9.24. The van der Waals surface area contributed by atoms with Crippen LogP contribution in [0.4, 0.5) is 23.8 Å². The van der Waals surface area contributed by atoms with E-state index in [2.05, 4.69) is 20.5 Å². The number of aromatic nitrogens is 2. The monoisotopic (exact) mass is 476 g/mol. The average Bonchev–Trinajstić information content (AvgIpc) is 3.43. The van der Waals surface area contributed by atoms with E-state index in [1.807, 2.05) is 0 Å². The highest BCUT2D eigenvalue weighted by atomic mass is 19.4. The molecule has 1 saturated carbocycles. The molecule has 2 aliphatic heterocycles. The molecular weight excluding hydrogens is 449 g/mol. The van der Waals surface area contributed by atoms with Crippen LogP contribution < -0.4 is 16.3 Å². The van der Waals surface area contributed by atoms with E-state index in [4.69, 9.17) is 0 Å². The highest BCUT2D eigenvalue weighted by Gasteiger charge is 2.44. The van der Waals surface area contributed by atoms with Gasteiger partial charge in [-0.05, 0) is 48.4 Å². The Hall–Kier alpha value is -2.92. The zero-order valence-electron chi connectivity index (χ0n) is 18.6. The highest BCUT2D eigenvalue weighted by Crippen LogP contribution is 2.45. The van der Waals surface area contributed by atoms with Crippen molar-refractivity contribution in [3.05, 3.63) is 52.1 Å². The molecule has 3 aliphatic rings. The van der Waals surface area contributed by atoms with Gasteiger partial charge in [0, 0.05) is 52.0 Å². The summed E-state index contributed by atoms with van der Waals surface area (Å²) in [6.45, 7) is 4.98. The Balaban J connectivity index is 1.32. The summed E-state index contributed by atoms with van der Waals surface area (Å²) < 4.78 is 42.5. The van der Waals surface area contributed by atoms with E-state index < -0.39 is 17.4 Å². The quantitative estimate of drug-likeness (QED) is 0.692. The fourth-order valence-corrected chi connectivity index (χ4v) is 4.88. The minimum atomic E-state index is -4.53. The van der Waals surface area contributed by atoms with Crippen molar-refractivity contribution in [1.82, 2.24) is 24.7 Å². The molecule has 0 radical (unpaired) electrons. The van der Waals surface area contributed by atoms with Crippen molar-refractivity contribution in [2.24, 2.45) is 11.8 Å². The number of hydrogen-bond acceptors (Lipinski definition) is 5. The summed E-state index contributed by atoms with van der Waals surface area (Å²) >= 11 is 0. The van der Waals surface area contributed by atoms with Crippen LogP contribution in [0.5, 0.6) is 0 Å². The molecule has 3 fully saturated rings. The Morgan fingerprint density at radius 1 is 1.15 bits per heavy atom. The van der Waals surface area contributed by atoms with Gasteiger partial charge in [-0.3, -0.25) is 9.88 Å². The molecule has 1 aromatic carbocycles. The van der Waals surface area contributed by atoms with Gasteiger partial charge in [0.1, 0.15) is 5.82 Å². The van der Waals surface area contributed by atoms with Crippen molar-refractivity contribution in [3.63, 3.8) is 0 Å². The number of rotatable bonds is 5. The van der Waals surface area contributed by atoms with Gasteiger partial charge in [0.15, 0.2) is 0 Å². The average molecular weight is 477 g/mol. The van der Waals surface area contributed by atoms with E-state index >= 15 is 0 Å². The summed E-state index contributed by atoms with van der Waals surface area (Å²) in [7, 11) is 0. The summed E-state index contributed by atoms with van der Waals surface area (Å²) in [4.78, 5) is 32.6. The van der Waals surface area contributed by atoms with Crippen LogP contribution in [0.15, 0.2) is 35.3 Å². The number of fused-ring (bicyclic) bond motifs is 1. The van der Waals surface area contributed by atoms with E-state index in [9.17, 15) is 22.8 Å². The molecule has 3 heterocycles. The first-order valence-electron chi connectivity index (χ1n) is 11.6.